The highest BCUT2D eigenvalue weighted by molar-refractivity contribution is 7.93. The van der Waals surface area contributed by atoms with Gasteiger partial charge in [-0.2, -0.15) is 4.98 Å². The Morgan fingerprint density at radius 1 is 1.12 bits per heavy atom. The number of nitrogens with zero attached hydrogens (tertiary/aromatic N) is 5. The predicted octanol–water partition coefficient (Wildman–Crippen LogP) is 4.06. The molecule has 0 unspecified atom stereocenters. The molecule has 0 amide bonds. The molecule has 1 atom stereocenters. The van der Waals surface area contributed by atoms with Gasteiger partial charge in [0.15, 0.2) is 5.82 Å². The summed E-state index contributed by atoms with van der Waals surface area (Å²) in [4.78, 5) is 16.1. The molecule has 2 aromatic carbocycles. The highest BCUT2D eigenvalue weighted by Gasteiger charge is 2.43. The molecule has 2 N–H and O–H groups in total. The van der Waals surface area contributed by atoms with Crippen molar-refractivity contribution >= 4 is 44.1 Å². The third-order valence-electron chi connectivity index (χ3n) is 7.58. The SMILES string of the molecule is COc1cc(Nc2ncc3c(n2)N(S(=O)(=O)c2cccc4cccnc24)CC3(C)C)ccc1N1CCN[C@@H](C)C1. The second kappa shape index (κ2) is 9.90. The van der Waals surface area contributed by atoms with Crippen LogP contribution in [0.3, 0.4) is 0 Å². The summed E-state index contributed by atoms with van der Waals surface area (Å²) in [7, 11) is -2.29. The fraction of sp³-hybridized carbons (Fsp3) is 0.345. The van der Waals surface area contributed by atoms with Crippen molar-refractivity contribution in [1.29, 1.82) is 0 Å². The van der Waals surface area contributed by atoms with Gasteiger partial charge >= 0.3 is 0 Å². The van der Waals surface area contributed by atoms with E-state index in [9.17, 15) is 8.42 Å². The molecule has 6 rings (SSSR count). The first kappa shape index (κ1) is 26.3. The Labute approximate surface area is 234 Å². The summed E-state index contributed by atoms with van der Waals surface area (Å²) in [6.07, 6.45) is 3.32. The maximum absolute atomic E-state index is 14.0. The van der Waals surface area contributed by atoms with Gasteiger partial charge in [0.1, 0.15) is 10.6 Å². The minimum absolute atomic E-state index is 0.157. The molecule has 4 aromatic rings. The average Bonchev–Trinajstić information content (AvgIpc) is 3.23. The van der Waals surface area contributed by atoms with Gasteiger partial charge in [-0.1, -0.05) is 32.0 Å². The number of anilines is 4. The van der Waals surface area contributed by atoms with Crippen LogP contribution in [-0.4, -0.2) is 62.7 Å². The Kier molecular flexibility index (Phi) is 6.50. The molecule has 10 nitrogen and oxygen atoms in total. The smallest absolute Gasteiger partial charge is 0.267 e. The van der Waals surface area contributed by atoms with Gasteiger partial charge in [-0.3, -0.25) is 4.98 Å². The van der Waals surface area contributed by atoms with Crippen LogP contribution in [0.4, 0.5) is 23.1 Å². The first-order chi connectivity index (χ1) is 19.2. The molecule has 208 valence electrons. The number of nitrogens with one attached hydrogen (secondary N) is 2. The molecule has 0 radical (unpaired) electrons. The number of hydrogen-bond donors (Lipinski definition) is 2. The van der Waals surface area contributed by atoms with Crippen LogP contribution in [0.25, 0.3) is 10.9 Å². The lowest BCUT2D eigenvalue weighted by Crippen LogP contribution is -2.49. The number of methoxy groups -OCH3 is 1. The fourth-order valence-corrected chi connectivity index (χ4v) is 7.28. The van der Waals surface area contributed by atoms with E-state index in [4.69, 9.17) is 9.72 Å². The highest BCUT2D eigenvalue weighted by atomic mass is 32.2. The van der Waals surface area contributed by atoms with Gasteiger partial charge in [0.2, 0.25) is 5.95 Å². The van der Waals surface area contributed by atoms with Crippen LogP contribution >= 0.6 is 0 Å². The number of aromatic nitrogens is 3. The number of ether oxygens (including phenoxy) is 1. The molecule has 11 heteroatoms. The van der Waals surface area contributed by atoms with Crippen LogP contribution in [0.15, 0.2) is 65.8 Å². The monoisotopic (exact) mass is 559 g/mol. The van der Waals surface area contributed by atoms with E-state index in [1.165, 1.54) is 4.31 Å². The second-order valence-electron chi connectivity index (χ2n) is 11.0. The first-order valence-electron chi connectivity index (χ1n) is 13.3. The van der Waals surface area contributed by atoms with Crippen molar-refractivity contribution in [3.05, 3.63) is 66.5 Å². The minimum atomic E-state index is -3.95. The summed E-state index contributed by atoms with van der Waals surface area (Å²) in [5.41, 5.74) is 2.52. The minimum Gasteiger partial charge on any atom is -0.495 e. The van der Waals surface area contributed by atoms with Crippen LogP contribution in [0.5, 0.6) is 5.75 Å². The number of rotatable bonds is 6. The summed E-state index contributed by atoms with van der Waals surface area (Å²) in [5, 5.41) is 7.47. The average molecular weight is 560 g/mol. The number of benzene rings is 2. The standard InChI is InChI=1S/C29H33N7O3S/c1-19-17-35(14-13-30-19)23-11-10-21(15-24(23)39-4)33-28-32-16-22-27(34-28)36(18-29(22,2)3)40(37,38)25-9-5-7-20-8-6-12-31-26(20)25/h5-12,15-16,19,30H,13-14,17-18H2,1-4H3,(H,32,33,34)/t19-/m0/s1. The van der Waals surface area contributed by atoms with Gasteiger partial charge in [-0.25, -0.2) is 17.7 Å². The molecule has 40 heavy (non-hydrogen) atoms. The molecule has 2 aliphatic rings. The number of hydrogen-bond acceptors (Lipinski definition) is 9. The molecule has 0 aliphatic carbocycles. The highest BCUT2D eigenvalue weighted by Crippen LogP contribution is 2.43. The largest absolute Gasteiger partial charge is 0.495 e. The maximum atomic E-state index is 14.0. The van der Waals surface area contributed by atoms with Crippen LogP contribution in [0.2, 0.25) is 0 Å². The lowest BCUT2D eigenvalue weighted by molar-refractivity contribution is 0.410. The quantitative estimate of drug-likeness (QED) is 0.361. The van der Waals surface area contributed by atoms with Crippen molar-refractivity contribution in [2.45, 2.75) is 37.1 Å². The summed E-state index contributed by atoms with van der Waals surface area (Å²) in [5.74, 6) is 1.42. The Hall–Kier alpha value is -3.96. The molecule has 0 saturated carbocycles. The third kappa shape index (κ3) is 4.58. The van der Waals surface area contributed by atoms with Crippen molar-refractivity contribution in [2.75, 3.05) is 47.8 Å². The summed E-state index contributed by atoms with van der Waals surface area (Å²) >= 11 is 0. The van der Waals surface area contributed by atoms with Gasteiger partial charge < -0.3 is 20.3 Å². The Morgan fingerprint density at radius 2 is 1.95 bits per heavy atom. The zero-order chi connectivity index (χ0) is 28.1. The summed E-state index contributed by atoms with van der Waals surface area (Å²) in [6.45, 7) is 9.12. The lowest BCUT2D eigenvalue weighted by Gasteiger charge is -2.34. The molecular weight excluding hydrogens is 526 g/mol. The van der Waals surface area contributed by atoms with Crippen molar-refractivity contribution in [2.24, 2.45) is 0 Å². The number of pyridine rings is 1. The van der Waals surface area contributed by atoms with Crippen molar-refractivity contribution in [3.63, 3.8) is 0 Å². The third-order valence-corrected chi connectivity index (χ3v) is 9.35. The van der Waals surface area contributed by atoms with Gasteiger partial charge in [0, 0.05) is 72.7 Å². The van der Waals surface area contributed by atoms with E-state index in [1.54, 1.807) is 37.7 Å². The van der Waals surface area contributed by atoms with Gasteiger partial charge in [-0.15, -0.1) is 0 Å². The Morgan fingerprint density at radius 3 is 2.75 bits per heavy atom. The normalized spacial score (nSPS) is 18.6. The van der Waals surface area contributed by atoms with E-state index >= 15 is 0 Å². The molecule has 0 spiro atoms. The number of para-hydroxylation sites is 1. The molecule has 2 aliphatic heterocycles. The van der Waals surface area contributed by atoms with Crippen molar-refractivity contribution < 1.29 is 13.2 Å². The van der Waals surface area contributed by atoms with E-state index in [2.05, 4.69) is 32.4 Å². The van der Waals surface area contributed by atoms with Gasteiger partial charge in [0.05, 0.1) is 18.3 Å². The molecule has 0 bridgehead atoms. The molecule has 1 saturated heterocycles. The molecular formula is C29H33N7O3S. The van der Waals surface area contributed by atoms with Crippen molar-refractivity contribution in [3.8, 4) is 5.75 Å². The van der Waals surface area contributed by atoms with Crippen molar-refractivity contribution in [1.82, 2.24) is 20.3 Å². The summed E-state index contributed by atoms with van der Waals surface area (Å²) < 4.78 is 35.2. The number of fused-ring (bicyclic) bond motifs is 2. The zero-order valence-electron chi connectivity index (χ0n) is 23.0. The van der Waals surface area contributed by atoms with Gasteiger partial charge in [0.25, 0.3) is 10.0 Å². The van der Waals surface area contributed by atoms with E-state index in [-0.39, 0.29) is 11.4 Å². The van der Waals surface area contributed by atoms with Gasteiger partial charge in [-0.05, 0) is 31.2 Å². The maximum Gasteiger partial charge on any atom is 0.267 e. The topological polar surface area (TPSA) is 113 Å². The summed E-state index contributed by atoms with van der Waals surface area (Å²) in [6, 6.07) is 15.1. The lowest BCUT2D eigenvalue weighted by atomic mass is 9.89. The fourth-order valence-electron chi connectivity index (χ4n) is 5.52. The Balaban J connectivity index is 1.34. The zero-order valence-corrected chi connectivity index (χ0v) is 23.9. The molecule has 1 fully saturated rings. The van der Waals surface area contributed by atoms with E-state index in [0.717, 1.165) is 47.7 Å². The van der Waals surface area contributed by atoms with E-state index in [0.29, 0.717) is 23.3 Å². The van der Waals surface area contributed by atoms with Crippen LogP contribution in [0.1, 0.15) is 26.3 Å². The number of sulfonamides is 1. The second-order valence-corrected chi connectivity index (χ2v) is 12.8. The predicted molar refractivity (Wildman–Crippen MR) is 157 cm³/mol. The Bertz CT molecular complexity index is 1690. The van der Waals surface area contributed by atoms with E-state index < -0.39 is 15.4 Å². The molecule has 2 aromatic heterocycles. The van der Waals surface area contributed by atoms with Crippen LogP contribution in [-0.2, 0) is 15.4 Å². The van der Waals surface area contributed by atoms with Crippen LogP contribution in [0, 0.1) is 0 Å². The van der Waals surface area contributed by atoms with E-state index in [1.807, 2.05) is 44.2 Å². The number of piperazine rings is 1. The first-order valence-corrected chi connectivity index (χ1v) is 14.8. The molecule has 4 heterocycles. The van der Waals surface area contributed by atoms with Crippen LogP contribution < -0.4 is 24.6 Å².